The van der Waals surface area contributed by atoms with Crippen LogP contribution in [0.25, 0.3) is 0 Å². The molecule has 0 aromatic rings. The standard InChI is InChI=1S/C19H34N2O2/c1-15-4-3-5-16(14-15)19(22)20(2)17-6-10-21(11-7-17)18-8-12-23-13-9-18/h15-18H,3-14H2,1-2H3/t15-,16-/m0/s1. The number of amides is 1. The van der Waals surface area contributed by atoms with E-state index in [4.69, 9.17) is 4.74 Å². The summed E-state index contributed by atoms with van der Waals surface area (Å²) in [5.74, 6) is 1.43. The van der Waals surface area contributed by atoms with Crippen LogP contribution in [0.4, 0.5) is 0 Å². The molecule has 0 aromatic carbocycles. The highest BCUT2D eigenvalue weighted by molar-refractivity contribution is 5.79. The number of nitrogens with zero attached hydrogens (tertiary/aromatic N) is 2. The number of rotatable bonds is 3. The van der Waals surface area contributed by atoms with Crippen LogP contribution in [0.1, 0.15) is 58.3 Å². The summed E-state index contributed by atoms with van der Waals surface area (Å²) >= 11 is 0. The molecule has 4 heteroatoms. The maximum absolute atomic E-state index is 12.8. The Morgan fingerprint density at radius 1 is 1.04 bits per heavy atom. The molecule has 1 amide bonds. The van der Waals surface area contributed by atoms with Crippen LogP contribution < -0.4 is 0 Å². The van der Waals surface area contributed by atoms with E-state index in [9.17, 15) is 4.79 Å². The molecule has 2 heterocycles. The van der Waals surface area contributed by atoms with E-state index in [1.165, 1.54) is 25.7 Å². The van der Waals surface area contributed by atoms with Gasteiger partial charge >= 0.3 is 0 Å². The molecular weight excluding hydrogens is 288 g/mol. The van der Waals surface area contributed by atoms with Crippen LogP contribution in [0.3, 0.4) is 0 Å². The lowest BCUT2D eigenvalue weighted by atomic mass is 9.81. The first-order valence-electron chi connectivity index (χ1n) is 9.73. The lowest BCUT2D eigenvalue weighted by Gasteiger charge is -2.42. The lowest BCUT2D eigenvalue weighted by molar-refractivity contribution is -0.139. The molecule has 0 N–H and O–H groups in total. The van der Waals surface area contributed by atoms with E-state index >= 15 is 0 Å². The maximum Gasteiger partial charge on any atom is 0.225 e. The van der Waals surface area contributed by atoms with Gasteiger partial charge in [-0.05, 0) is 44.4 Å². The second-order valence-corrected chi connectivity index (χ2v) is 8.03. The molecule has 1 aliphatic carbocycles. The molecule has 2 aliphatic heterocycles. The summed E-state index contributed by atoms with van der Waals surface area (Å²) in [5, 5.41) is 0. The van der Waals surface area contributed by atoms with Gasteiger partial charge in [0.25, 0.3) is 0 Å². The maximum atomic E-state index is 12.8. The molecule has 0 spiro atoms. The Morgan fingerprint density at radius 2 is 1.74 bits per heavy atom. The zero-order chi connectivity index (χ0) is 16.2. The molecule has 2 atom stereocenters. The van der Waals surface area contributed by atoms with Gasteiger partial charge in [0.2, 0.25) is 5.91 Å². The van der Waals surface area contributed by atoms with Crippen LogP contribution in [0.5, 0.6) is 0 Å². The minimum atomic E-state index is 0.289. The molecule has 0 bridgehead atoms. The quantitative estimate of drug-likeness (QED) is 0.801. The first-order valence-corrected chi connectivity index (χ1v) is 9.73. The molecule has 0 aromatic heterocycles. The topological polar surface area (TPSA) is 32.8 Å². The van der Waals surface area contributed by atoms with Gasteiger partial charge in [0, 0.05) is 51.4 Å². The fourth-order valence-electron chi connectivity index (χ4n) is 4.81. The fraction of sp³-hybridized carbons (Fsp3) is 0.947. The number of carbonyl (C=O) groups is 1. The molecule has 0 radical (unpaired) electrons. The van der Waals surface area contributed by atoms with Crippen molar-refractivity contribution in [1.29, 1.82) is 0 Å². The van der Waals surface area contributed by atoms with E-state index in [0.29, 0.717) is 18.0 Å². The van der Waals surface area contributed by atoms with Crippen molar-refractivity contribution in [1.82, 2.24) is 9.80 Å². The summed E-state index contributed by atoms with van der Waals surface area (Å²) in [6.45, 7) is 6.43. The average Bonchev–Trinajstić information content (AvgIpc) is 2.61. The highest BCUT2D eigenvalue weighted by atomic mass is 16.5. The first-order chi connectivity index (χ1) is 11.1. The van der Waals surface area contributed by atoms with Gasteiger partial charge in [0.05, 0.1) is 0 Å². The normalized spacial score (nSPS) is 31.9. The van der Waals surface area contributed by atoms with E-state index in [0.717, 1.165) is 57.9 Å². The van der Waals surface area contributed by atoms with E-state index in [-0.39, 0.29) is 5.92 Å². The predicted octanol–water partition coefficient (Wildman–Crippen LogP) is 2.91. The largest absolute Gasteiger partial charge is 0.381 e. The number of likely N-dealkylation sites (tertiary alicyclic amines) is 1. The predicted molar refractivity (Wildman–Crippen MR) is 92.3 cm³/mol. The van der Waals surface area contributed by atoms with Gasteiger partial charge in [-0.1, -0.05) is 19.8 Å². The fourth-order valence-corrected chi connectivity index (χ4v) is 4.81. The zero-order valence-corrected chi connectivity index (χ0v) is 15.0. The number of hydrogen-bond donors (Lipinski definition) is 0. The van der Waals surface area contributed by atoms with Gasteiger partial charge < -0.3 is 14.5 Å². The molecular formula is C19H34N2O2. The summed E-state index contributed by atoms with van der Waals surface area (Å²) in [4.78, 5) is 17.6. The van der Waals surface area contributed by atoms with Crippen molar-refractivity contribution in [3.05, 3.63) is 0 Å². The minimum Gasteiger partial charge on any atom is -0.381 e. The Kier molecular flexibility index (Phi) is 5.97. The summed E-state index contributed by atoms with van der Waals surface area (Å²) in [5.41, 5.74) is 0. The van der Waals surface area contributed by atoms with Crippen LogP contribution in [-0.4, -0.2) is 61.1 Å². The van der Waals surface area contributed by atoms with Crippen molar-refractivity contribution in [2.75, 3.05) is 33.4 Å². The molecule has 1 saturated carbocycles. The summed E-state index contributed by atoms with van der Waals surface area (Å²) in [6, 6.07) is 1.17. The smallest absolute Gasteiger partial charge is 0.225 e. The monoisotopic (exact) mass is 322 g/mol. The second kappa shape index (κ2) is 7.98. The van der Waals surface area contributed by atoms with Gasteiger partial charge in [-0.2, -0.15) is 0 Å². The van der Waals surface area contributed by atoms with Gasteiger partial charge in [-0.25, -0.2) is 0 Å². The number of carbonyl (C=O) groups excluding carboxylic acids is 1. The van der Waals surface area contributed by atoms with Crippen molar-refractivity contribution < 1.29 is 9.53 Å². The molecule has 23 heavy (non-hydrogen) atoms. The third-order valence-electron chi connectivity index (χ3n) is 6.39. The minimum absolute atomic E-state index is 0.289. The molecule has 2 saturated heterocycles. The number of hydrogen-bond acceptors (Lipinski definition) is 3. The van der Waals surface area contributed by atoms with Gasteiger partial charge in [0.1, 0.15) is 0 Å². The summed E-state index contributed by atoms with van der Waals surface area (Å²) in [6.07, 6.45) is 9.38. The van der Waals surface area contributed by atoms with E-state index in [1.54, 1.807) is 0 Å². The van der Waals surface area contributed by atoms with E-state index in [2.05, 4.69) is 23.8 Å². The third-order valence-corrected chi connectivity index (χ3v) is 6.39. The third kappa shape index (κ3) is 4.27. The molecule has 132 valence electrons. The van der Waals surface area contributed by atoms with Gasteiger partial charge in [-0.15, -0.1) is 0 Å². The van der Waals surface area contributed by atoms with E-state index < -0.39 is 0 Å². The van der Waals surface area contributed by atoms with Crippen molar-refractivity contribution in [2.24, 2.45) is 11.8 Å². The van der Waals surface area contributed by atoms with Crippen molar-refractivity contribution in [2.45, 2.75) is 70.4 Å². The SMILES string of the molecule is C[C@H]1CCC[C@H](C(=O)N(C)C2CCN(C3CCOCC3)CC2)C1. The highest BCUT2D eigenvalue weighted by Crippen LogP contribution is 2.31. The van der Waals surface area contributed by atoms with Gasteiger partial charge in [0.15, 0.2) is 0 Å². The Balaban J connectivity index is 1.47. The van der Waals surface area contributed by atoms with E-state index in [1.807, 2.05) is 0 Å². The van der Waals surface area contributed by atoms with Crippen LogP contribution >= 0.6 is 0 Å². The molecule has 4 nitrogen and oxygen atoms in total. The first kappa shape index (κ1) is 17.2. The van der Waals surface area contributed by atoms with Crippen LogP contribution in [0.15, 0.2) is 0 Å². The number of ether oxygens (including phenoxy) is 1. The Bertz CT molecular complexity index is 387. The van der Waals surface area contributed by atoms with Crippen LogP contribution in [0, 0.1) is 11.8 Å². The highest BCUT2D eigenvalue weighted by Gasteiger charge is 2.33. The van der Waals surface area contributed by atoms with Crippen molar-refractivity contribution >= 4 is 5.91 Å². The Morgan fingerprint density at radius 3 is 2.39 bits per heavy atom. The number of piperidine rings is 1. The zero-order valence-electron chi connectivity index (χ0n) is 15.0. The van der Waals surface area contributed by atoms with Gasteiger partial charge in [-0.3, -0.25) is 4.79 Å². The molecule has 3 rings (SSSR count). The van der Waals surface area contributed by atoms with Crippen molar-refractivity contribution in [3.8, 4) is 0 Å². The lowest BCUT2D eigenvalue weighted by Crippen LogP contribution is -2.50. The van der Waals surface area contributed by atoms with Crippen LogP contribution in [0.2, 0.25) is 0 Å². The molecule has 3 aliphatic rings. The Labute approximate surface area is 141 Å². The van der Waals surface area contributed by atoms with Crippen molar-refractivity contribution in [3.63, 3.8) is 0 Å². The van der Waals surface area contributed by atoms with Crippen LogP contribution in [-0.2, 0) is 9.53 Å². The average molecular weight is 322 g/mol. The summed E-state index contributed by atoms with van der Waals surface area (Å²) < 4.78 is 5.48. The second-order valence-electron chi connectivity index (χ2n) is 8.03. The molecule has 0 unspecified atom stereocenters. The summed E-state index contributed by atoms with van der Waals surface area (Å²) in [7, 11) is 2.05. The molecule has 3 fully saturated rings. The Hall–Kier alpha value is -0.610.